The van der Waals surface area contributed by atoms with Crippen molar-refractivity contribution in [1.29, 1.82) is 0 Å². The van der Waals surface area contributed by atoms with Crippen molar-refractivity contribution in [2.24, 2.45) is 5.92 Å². The Bertz CT molecular complexity index is 1080. The van der Waals surface area contributed by atoms with E-state index in [0.717, 1.165) is 25.6 Å². The highest BCUT2D eigenvalue weighted by Gasteiger charge is 2.30. The van der Waals surface area contributed by atoms with Crippen LogP contribution in [0.1, 0.15) is 48.4 Å². The summed E-state index contributed by atoms with van der Waals surface area (Å²) in [5.74, 6) is 0.841. The van der Waals surface area contributed by atoms with Crippen molar-refractivity contribution in [3.63, 3.8) is 0 Å². The summed E-state index contributed by atoms with van der Waals surface area (Å²) in [4.78, 5) is 33.0. The molecule has 0 atom stereocenters. The number of aromatic nitrogens is 1. The molecule has 1 aromatic heterocycles. The van der Waals surface area contributed by atoms with Crippen molar-refractivity contribution in [2.45, 2.75) is 45.6 Å². The van der Waals surface area contributed by atoms with Gasteiger partial charge in [-0.25, -0.2) is 4.98 Å². The Balaban J connectivity index is 1.42. The fourth-order valence-corrected chi connectivity index (χ4v) is 4.27. The first-order valence-electron chi connectivity index (χ1n) is 12.6. The molecule has 202 valence electrons. The van der Waals surface area contributed by atoms with Crippen molar-refractivity contribution in [3.05, 3.63) is 29.7 Å². The molecule has 1 saturated heterocycles. The molecule has 2 aliphatic rings. The molecule has 2 fully saturated rings. The second-order valence-electron chi connectivity index (χ2n) is 9.38. The van der Waals surface area contributed by atoms with Gasteiger partial charge in [-0.1, -0.05) is 0 Å². The maximum Gasteiger partial charge on any atom is 0.387 e. The summed E-state index contributed by atoms with van der Waals surface area (Å²) >= 11 is 0. The summed E-state index contributed by atoms with van der Waals surface area (Å²) in [5.41, 5.74) is 0.700. The number of hydrogen-bond donors (Lipinski definition) is 0. The zero-order valence-electron chi connectivity index (χ0n) is 21.2. The van der Waals surface area contributed by atoms with Crippen molar-refractivity contribution in [1.82, 2.24) is 14.8 Å². The van der Waals surface area contributed by atoms with Crippen molar-refractivity contribution < 1.29 is 37.0 Å². The highest BCUT2D eigenvalue weighted by molar-refractivity contribution is 5.93. The second-order valence-corrected chi connectivity index (χ2v) is 9.38. The molecule has 0 bridgehead atoms. The summed E-state index contributed by atoms with van der Waals surface area (Å²) in [7, 11) is 1.32. The van der Waals surface area contributed by atoms with Gasteiger partial charge in [-0.15, -0.1) is 0 Å². The van der Waals surface area contributed by atoms with Gasteiger partial charge >= 0.3 is 12.6 Å². The molecule has 4 rings (SSSR count). The quantitative estimate of drug-likeness (QED) is 0.304. The van der Waals surface area contributed by atoms with E-state index in [-0.39, 0.29) is 48.0 Å². The SMILES string of the molecule is COC(=O)CCCCOc1cc(-c2nc(C(=O)N3CCN(CC4CC4)CC3)c(C)o2)ccc1OC(F)F. The Morgan fingerprint density at radius 2 is 1.89 bits per heavy atom. The Kier molecular flexibility index (Phi) is 8.96. The monoisotopic (exact) mass is 521 g/mol. The maximum absolute atomic E-state index is 13.1. The van der Waals surface area contributed by atoms with Crippen LogP contribution in [-0.2, 0) is 9.53 Å². The summed E-state index contributed by atoms with van der Waals surface area (Å²) in [6, 6.07) is 4.37. The standard InChI is InChI=1S/C26H33F2N3O6/c1-17-23(25(33)31-12-10-30(11-13-31)16-18-6-7-18)29-24(36-17)19-8-9-20(37-26(27)28)21(15-19)35-14-4-3-5-22(32)34-2/h8-9,15,18,26H,3-7,10-14,16H2,1-2H3. The van der Waals surface area contributed by atoms with Crippen LogP contribution in [-0.4, -0.2) is 79.7 Å². The molecular formula is C26H33F2N3O6. The zero-order valence-corrected chi connectivity index (χ0v) is 21.2. The van der Waals surface area contributed by atoms with Gasteiger partial charge in [0.2, 0.25) is 5.89 Å². The van der Waals surface area contributed by atoms with Crippen molar-refractivity contribution >= 4 is 11.9 Å². The zero-order chi connectivity index (χ0) is 26.4. The number of nitrogens with zero attached hydrogens (tertiary/aromatic N) is 3. The van der Waals surface area contributed by atoms with Gasteiger partial charge in [0, 0.05) is 44.7 Å². The topological polar surface area (TPSA) is 94.3 Å². The van der Waals surface area contributed by atoms with Gasteiger partial charge in [-0.05, 0) is 56.7 Å². The smallest absolute Gasteiger partial charge is 0.387 e. The van der Waals surface area contributed by atoms with Crippen LogP contribution in [0.2, 0.25) is 0 Å². The Morgan fingerprint density at radius 3 is 2.57 bits per heavy atom. The predicted molar refractivity (Wildman–Crippen MR) is 130 cm³/mol. The number of ether oxygens (including phenoxy) is 3. The minimum Gasteiger partial charge on any atom is -0.490 e. The predicted octanol–water partition coefficient (Wildman–Crippen LogP) is 4.14. The maximum atomic E-state index is 13.1. The molecule has 0 unspecified atom stereocenters. The van der Waals surface area contributed by atoms with Gasteiger partial charge in [-0.2, -0.15) is 8.78 Å². The van der Waals surface area contributed by atoms with Crippen LogP contribution in [0, 0.1) is 12.8 Å². The molecular weight excluding hydrogens is 488 g/mol. The third-order valence-corrected chi connectivity index (χ3v) is 6.54. The summed E-state index contributed by atoms with van der Waals surface area (Å²) in [6.07, 6.45) is 3.88. The Hall–Kier alpha value is -3.21. The molecule has 11 heteroatoms. The van der Waals surface area contributed by atoms with Crippen LogP contribution in [0.15, 0.2) is 22.6 Å². The van der Waals surface area contributed by atoms with Gasteiger partial charge in [0.25, 0.3) is 5.91 Å². The van der Waals surface area contributed by atoms with Gasteiger partial charge < -0.3 is 23.5 Å². The van der Waals surface area contributed by atoms with E-state index in [1.54, 1.807) is 11.8 Å². The minimum atomic E-state index is -3.02. The molecule has 9 nitrogen and oxygen atoms in total. The van der Waals surface area contributed by atoms with Crippen LogP contribution in [0.5, 0.6) is 11.5 Å². The number of piperazine rings is 1. The molecule has 1 aliphatic carbocycles. The number of amides is 1. The fraction of sp³-hybridized carbons (Fsp3) is 0.577. The highest BCUT2D eigenvalue weighted by atomic mass is 19.3. The third-order valence-electron chi connectivity index (χ3n) is 6.54. The Labute approximate surface area is 214 Å². The number of halogens is 2. The number of rotatable bonds is 12. The lowest BCUT2D eigenvalue weighted by Gasteiger charge is -2.34. The minimum absolute atomic E-state index is 0.0892. The lowest BCUT2D eigenvalue weighted by atomic mass is 10.2. The van der Waals surface area contributed by atoms with Crippen molar-refractivity contribution in [2.75, 3.05) is 46.4 Å². The highest BCUT2D eigenvalue weighted by Crippen LogP contribution is 2.35. The van der Waals surface area contributed by atoms with Crippen LogP contribution in [0.4, 0.5) is 8.78 Å². The lowest BCUT2D eigenvalue weighted by molar-refractivity contribution is -0.140. The number of unbranched alkanes of at least 4 members (excludes halogenated alkanes) is 1. The van der Waals surface area contributed by atoms with E-state index >= 15 is 0 Å². The molecule has 1 aromatic carbocycles. The van der Waals surface area contributed by atoms with Gasteiger partial charge in [0.05, 0.1) is 13.7 Å². The number of oxazole rings is 1. The van der Waals surface area contributed by atoms with Crippen LogP contribution >= 0.6 is 0 Å². The van der Waals surface area contributed by atoms with Crippen molar-refractivity contribution in [3.8, 4) is 23.0 Å². The number of benzene rings is 1. The number of esters is 1. The number of carbonyl (C=O) groups is 2. The first-order chi connectivity index (χ1) is 17.8. The normalized spacial score (nSPS) is 16.2. The molecule has 0 radical (unpaired) electrons. The summed E-state index contributed by atoms with van der Waals surface area (Å²) in [5, 5.41) is 0. The number of hydrogen-bond acceptors (Lipinski definition) is 8. The van der Waals surface area contributed by atoms with E-state index in [1.165, 1.54) is 38.2 Å². The molecule has 1 saturated carbocycles. The number of aryl methyl sites for hydroxylation is 1. The van der Waals surface area contributed by atoms with E-state index in [0.29, 0.717) is 37.3 Å². The number of methoxy groups -OCH3 is 1. The van der Waals surface area contributed by atoms with Gasteiger partial charge in [0.1, 0.15) is 5.76 Å². The molecule has 2 heterocycles. The molecule has 0 spiro atoms. The average Bonchev–Trinajstić information content (AvgIpc) is 3.62. The van der Waals surface area contributed by atoms with Crippen LogP contribution in [0.25, 0.3) is 11.5 Å². The summed E-state index contributed by atoms with van der Waals surface area (Å²) in [6.45, 7) is 2.92. The van der Waals surface area contributed by atoms with E-state index < -0.39 is 6.61 Å². The first kappa shape index (κ1) is 26.8. The molecule has 1 amide bonds. The summed E-state index contributed by atoms with van der Waals surface area (Å²) < 4.78 is 46.5. The molecule has 1 aliphatic heterocycles. The largest absolute Gasteiger partial charge is 0.490 e. The van der Waals surface area contributed by atoms with Crippen LogP contribution < -0.4 is 9.47 Å². The van der Waals surface area contributed by atoms with Gasteiger partial charge in [-0.3, -0.25) is 14.5 Å². The first-order valence-corrected chi connectivity index (χ1v) is 12.6. The average molecular weight is 522 g/mol. The van der Waals surface area contributed by atoms with E-state index in [1.807, 2.05) is 0 Å². The lowest BCUT2D eigenvalue weighted by Crippen LogP contribution is -2.49. The third kappa shape index (κ3) is 7.41. The number of alkyl halides is 2. The Morgan fingerprint density at radius 1 is 1.14 bits per heavy atom. The molecule has 2 aromatic rings. The second kappa shape index (κ2) is 12.4. The van der Waals surface area contributed by atoms with Crippen LogP contribution in [0.3, 0.4) is 0 Å². The van der Waals surface area contributed by atoms with Gasteiger partial charge in [0.15, 0.2) is 17.2 Å². The fourth-order valence-electron chi connectivity index (χ4n) is 4.27. The van der Waals surface area contributed by atoms with E-state index in [4.69, 9.17) is 9.15 Å². The molecule has 0 N–H and O–H groups in total. The van der Waals surface area contributed by atoms with E-state index in [9.17, 15) is 18.4 Å². The number of carbonyl (C=O) groups excluding carboxylic acids is 2. The van der Waals surface area contributed by atoms with E-state index in [2.05, 4.69) is 19.4 Å². The molecule has 37 heavy (non-hydrogen) atoms.